The average Bonchev–Trinajstić information content (AvgIpc) is 2.47. The normalized spacial score (nSPS) is 20.3. The molecule has 1 aromatic heterocycles. The highest BCUT2D eigenvalue weighted by molar-refractivity contribution is 5.29. The fourth-order valence-electron chi connectivity index (χ4n) is 3.76. The molecule has 0 aromatic carbocycles. The molecular formula is C16H24N2O. The van der Waals surface area contributed by atoms with Gasteiger partial charge >= 0.3 is 0 Å². The molecule has 2 aliphatic rings. The van der Waals surface area contributed by atoms with Gasteiger partial charge in [-0.2, -0.15) is 0 Å². The van der Waals surface area contributed by atoms with Gasteiger partial charge < -0.3 is 10.3 Å². The number of aromatic nitrogens is 1. The Labute approximate surface area is 114 Å². The third kappa shape index (κ3) is 2.36. The first-order valence-electron chi connectivity index (χ1n) is 7.77. The highest BCUT2D eigenvalue weighted by Crippen LogP contribution is 2.31. The Morgan fingerprint density at radius 1 is 1.11 bits per heavy atom. The Hall–Kier alpha value is -1.09. The quantitative estimate of drug-likeness (QED) is 0.888. The summed E-state index contributed by atoms with van der Waals surface area (Å²) in [6.45, 7) is 0.374. The van der Waals surface area contributed by atoms with Crippen LogP contribution in [0.3, 0.4) is 0 Å². The van der Waals surface area contributed by atoms with E-state index in [1.165, 1.54) is 56.2 Å². The van der Waals surface area contributed by atoms with E-state index in [4.69, 9.17) is 5.73 Å². The van der Waals surface area contributed by atoms with E-state index >= 15 is 0 Å². The van der Waals surface area contributed by atoms with Crippen LogP contribution in [0.2, 0.25) is 0 Å². The van der Waals surface area contributed by atoms with Crippen LogP contribution in [0.4, 0.5) is 0 Å². The van der Waals surface area contributed by atoms with Crippen LogP contribution in [0.15, 0.2) is 10.9 Å². The number of aryl methyl sites for hydroxylation is 1. The molecule has 1 heterocycles. The van der Waals surface area contributed by atoms with E-state index in [0.29, 0.717) is 12.6 Å². The highest BCUT2D eigenvalue weighted by atomic mass is 16.1. The maximum atomic E-state index is 12.7. The van der Waals surface area contributed by atoms with E-state index in [0.717, 1.165) is 18.4 Å². The zero-order valence-corrected chi connectivity index (χ0v) is 11.7. The van der Waals surface area contributed by atoms with E-state index in [1.54, 1.807) is 0 Å². The molecule has 104 valence electrons. The van der Waals surface area contributed by atoms with Gasteiger partial charge in [-0.25, -0.2) is 0 Å². The summed E-state index contributed by atoms with van der Waals surface area (Å²) in [5.74, 6) is 0. The fraction of sp³-hybridized carbons (Fsp3) is 0.688. The number of fused-ring (bicyclic) bond motifs is 1. The van der Waals surface area contributed by atoms with Crippen LogP contribution < -0.4 is 11.3 Å². The fourth-order valence-corrected chi connectivity index (χ4v) is 3.76. The van der Waals surface area contributed by atoms with Crippen molar-refractivity contribution in [3.8, 4) is 0 Å². The SMILES string of the molecule is NCc1cc2c(n(C3CCCCC3)c1=O)CCCC2. The maximum Gasteiger partial charge on any atom is 0.255 e. The summed E-state index contributed by atoms with van der Waals surface area (Å²) >= 11 is 0. The Bertz CT molecular complexity index is 512. The molecule has 3 nitrogen and oxygen atoms in total. The van der Waals surface area contributed by atoms with Crippen molar-refractivity contribution in [1.29, 1.82) is 0 Å². The predicted molar refractivity (Wildman–Crippen MR) is 77.4 cm³/mol. The minimum absolute atomic E-state index is 0.190. The molecule has 0 saturated heterocycles. The van der Waals surface area contributed by atoms with Crippen LogP contribution >= 0.6 is 0 Å². The van der Waals surface area contributed by atoms with Crippen LogP contribution in [-0.4, -0.2) is 4.57 Å². The lowest BCUT2D eigenvalue weighted by atomic mass is 9.90. The van der Waals surface area contributed by atoms with Gasteiger partial charge in [0, 0.05) is 23.8 Å². The van der Waals surface area contributed by atoms with Crippen LogP contribution in [0, 0.1) is 0 Å². The largest absolute Gasteiger partial charge is 0.326 e. The molecule has 3 heteroatoms. The van der Waals surface area contributed by atoms with Gasteiger partial charge in [-0.05, 0) is 50.2 Å². The number of hydrogen-bond donors (Lipinski definition) is 1. The number of nitrogens with zero attached hydrogens (tertiary/aromatic N) is 1. The first-order valence-corrected chi connectivity index (χ1v) is 7.77. The third-order valence-corrected chi connectivity index (χ3v) is 4.77. The number of pyridine rings is 1. The van der Waals surface area contributed by atoms with E-state index < -0.39 is 0 Å². The van der Waals surface area contributed by atoms with Crippen LogP contribution in [-0.2, 0) is 19.4 Å². The van der Waals surface area contributed by atoms with Crippen molar-refractivity contribution in [2.45, 2.75) is 70.4 Å². The summed E-state index contributed by atoms with van der Waals surface area (Å²) in [5, 5.41) is 0. The van der Waals surface area contributed by atoms with Crippen LogP contribution in [0.1, 0.15) is 67.8 Å². The smallest absolute Gasteiger partial charge is 0.255 e. The van der Waals surface area contributed by atoms with Gasteiger partial charge in [0.2, 0.25) is 0 Å². The lowest BCUT2D eigenvalue weighted by Gasteiger charge is -2.30. The average molecular weight is 260 g/mol. The Kier molecular flexibility index (Phi) is 3.74. The van der Waals surface area contributed by atoms with Crippen molar-refractivity contribution in [1.82, 2.24) is 4.57 Å². The second-order valence-electron chi connectivity index (χ2n) is 6.02. The Morgan fingerprint density at radius 3 is 2.58 bits per heavy atom. The Balaban J connectivity index is 2.11. The second kappa shape index (κ2) is 5.49. The van der Waals surface area contributed by atoms with Gasteiger partial charge in [-0.3, -0.25) is 4.79 Å². The molecule has 2 aliphatic carbocycles. The summed E-state index contributed by atoms with van der Waals surface area (Å²) in [4.78, 5) is 12.7. The lowest BCUT2D eigenvalue weighted by Crippen LogP contribution is -2.34. The summed E-state index contributed by atoms with van der Waals surface area (Å²) in [6, 6.07) is 2.51. The zero-order valence-electron chi connectivity index (χ0n) is 11.7. The van der Waals surface area contributed by atoms with Crippen molar-refractivity contribution in [3.05, 3.63) is 33.2 Å². The molecule has 3 rings (SSSR count). The molecule has 2 N–H and O–H groups in total. The molecule has 0 unspecified atom stereocenters. The molecule has 1 saturated carbocycles. The molecular weight excluding hydrogens is 236 g/mol. The van der Waals surface area contributed by atoms with Gasteiger partial charge in [0.1, 0.15) is 0 Å². The van der Waals surface area contributed by atoms with Crippen molar-refractivity contribution in [2.24, 2.45) is 5.73 Å². The van der Waals surface area contributed by atoms with Gasteiger partial charge in [-0.15, -0.1) is 0 Å². The van der Waals surface area contributed by atoms with Crippen molar-refractivity contribution < 1.29 is 0 Å². The van der Waals surface area contributed by atoms with E-state index in [9.17, 15) is 4.79 Å². The topological polar surface area (TPSA) is 48.0 Å². The predicted octanol–water partition coefficient (Wildman–Crippen LogP) is 2.69. The summed E-state index contributed by atoms with van der Waals surface area (Å²) in [7, 11) is 0. The standard InChI is InChI=1S/C16H24N2O/c17-11-13-10-12-6-4-5-9-15(12)18(16(13)19)14-7-2-1-3-8-14/h10,14H,1-9,11,17H2. The summed E-state index contributed by atoms with van der Waals surface area (Å²) in [5.41, 5.74) is 9.48. The summed E-state index contributed by atoms with van der Waals surface area (Å²) in [6.07, 6.45) is 10.9. The van der Waals surface area contributed by atoms with Crippen molar-refractivity contribution >= 4 is 0 Å². The first-order chi connectivity index (χ1) is 9.31. The lowest BCUT2D eigenvalue weighted by molar-refractivity contribution is 0.333. The second-order valence-corrected chi connectivity index (χ2v) is 6.02. The molecule has 0 amide bonds. The van der Waals surface area contributed by atoms with E-state index in [1.807, 2.05) is 0 Å². The van der Waals surface area contributed by atoms with Gasteiger partial charge in [0.15, 0.2) is 0 Å². The highest BCUT2D eigenvalue weighted by Gasteiger charge is 2.23. The first kappa shape index (κ1) is 12.9. The minimum Gasteiger partial charge on any atom is -0.326 e. The van der Waals surface area contributed by atoms with E-state index in [-0.39, 0.29) is 5.56 Å². The van der Waals surface area contributed by atoms with Gasteiger partial charge in [0.25, 0.3) is 5.56 Å². The number of nitrogens with two attached hydrogens (primary N) is 1. The molecule has 0 spiro atoms. The Morgan fingerprint density at radius 2 is 1.84 bits per heavy atom. The molecule has 0 radical (unpaired) electrons. The number of rotatable bonds is 2. The monoisotopic (exact) mass is 260 g/mol. The minimum atomic E-state index is 0.190. The molecule has 0 aliphatic heterocycles. The van der Waals surface area contributed by atoms with Crippen LogP contribution in [0.5, 0.6) is 0 Å². The summed E-state index contributed by atoms with van der Waals surface area (Å²) < 4.78 is 2.13. The molecule has 0 bridgehead atoms. The zero-order chi connectivity index (χ0) is 13.2. The molecule has 19 heavy (non-hydrogen) atoms. The molecule has 0 atom stereocenters. The van der Waals surface area contributed by atoms with Crippen LogP contribution in [0.25, 0.3) is 0 Å². The maximum absolute atomic E-state index is 12.7. The van der Waals surface area contributed by atoms with Gasteiger partial charge in [-0.1, -0.05) is 19.3 Å². The van der Waals surface area contributed by atoms with Crippen molar-refractivity contribution in [2.75, 3.05) is 0 Å². The van der Waals surface area contributed by atoms with Gasteiger partial charge in [0.05, 0.1) is 0 Å². The van der Waals surface area contributed by atoms with Crippen molar-refractivity contribution in [3.63, 3.8) is 0 Å². The molecule has 1 aromatic rings. The number of hydrogen-bond acceptors (Lipinski definition) is 2. The third-order valence-electron chi connectivity index (χ3n) is 4.77. The van der Waals surface area contributed by atoms with E-state index in [2.05, 4.69) is 10.6 Å². The molecule has 1 fully saturated rings.